The molecule has 8 heteroatoms. The van der Waals surface area contributed by atoms with E-state index < -0.39 is 5.92 Å². The first kappa shape index (κ1) is 22.1. The summed E-state index contributed by atoms with van der Waals surface area (Å²) in [5.74, 6) is -0.428. The Bertz CT molecular complexity index is 1180. The van der Waals surface area contributed by atoms with Gasteiger partial charge >= 0.3 is 0 Å². The third kappa shape index (κ3) is 4.74. The number of nitrogens with one attached hydrogen (secondary N) is 2. The smallest absolute Gasteiger partial charge is 0.270 e. The van der Waals surface area contributed by atoms with Gasteiger partial charge in [0, 0.05) is 41.3 Å². The molecule has 0 unspecified atom stereocenters. The van der Waals surface area contributed by atoms with Crippen LogP contribution < -0.4 is 20.4 Å². The molecule has 0 spiro atoms. The first-order valence-electron chi connectivity index (χ1n) is 10.7. The average Bonchev–Trinajstić information content (AvgIpc) is 3.36. The number of nitrogens with zero attached hydrogens (tertiary/aromatic N) is 2. The Balaban J connectivity index is 1.41. The summed E-state index contributed by atoms with van der Waals surface area (Å²) in [6.07, 6.45) is 0.129. The van der Waals surface area contributed by atoms with Gasteiger partial charge in [-0.25, -0.2) is 0 Å². The van der Waals surface area contributed by atoms with Gasteiger partial charge in [0.05, 0.1) is 13.0 Å². The largest absolute Gasteiger partial charge is 0.497 e. The van der Waals surface area contributed by atoms with Gasteiger partial charge in [-0.2, -0.15) is 0 Å². The van der Waals surface area contributed by atoms with E-state index in [1.54, 1.807) is 65.2 Å². The predicted octanol–water partition coefficient (Wildman–Crippen LogP) is 3.49. The van der Waals surface area contributed by atoms with E-state index in [0.717, 1.165) is 17.1 Å². The quantitative estimate of drug-likeness (QED) is 0.606. The molecule has 170 valence electrons. The lowest BCUT2D eigenvalue weighted by Gasteiger charge is -2.17. The second-order valence-electron chi connectivity index (χ2n) is 8.07. The van der Waals surface area contributed by atoms with E-state index in [2.05, 4.69) is 10.7 Å². The van der Waals surface area contributed by atoms with Gasteiger partial charge in [-0.15, -0.1) is 0 Å². The van der Waals surface area contributed by atoms with Crippen molar-refractivity contribution in [3.05, 3.63) is 77.6 Å². The van der Waals surface area contributed by atoms with Gasteiger partial charge < -0.3 is 15.0 Å². The molecular weight excluding hydrogens is 420 g/mol. The summed E-state index contributed by atoms with van der Waals surface area (Å²) in [4.78, 5) is 39.7. The second-order valence-corrected chi connectivity index (χ2v) is 8.07. The third-order valence-electron chi connectivity index (χ3n) is 5.76. The van der Waals surface area contributed by atoms with Crippen molar-refractivity contribution in [3.8, 4) is 5.75 Å². The van der Waals surface area contributed by atoms with Crippen molar-refractivity contribution < 1.29 is 19.1 Å². The van der Waals surface area contributed by atoms with Gasteiger partial charge in [-0.05, 0) is 68.4 Å². The number of carbonyl (C=O) groups excluding carboxylic acids is 3. The second kappa shape index (κ2) is 9.20. The fraction of sp³-hybridized carbons (Fsp3) is 0.240. The highest BCUT2D eigenvalue weighted by Crippen LogP contribution is 2.27. The van der Waals surface area contributed by atoms with Crippen molar-refractivity contribution in [2.24, 2.45) is 5.92 Å². The summed E-state index contributed by atoms with van der Waals surface area (Å²) >= 11 is 0. The summed E-state index contributed by atoms with van der Waals surface area (Å²) in [7, 11) is 1.58. The number of methoxy groups -OCH3 is 1. The van der Waals surface area contributed by atoms with E-state index in [4.69, 9.17) is 4.74 Å². The molecule has 33 heavy (non-hydrogen) atoms. The standard InChI is InChI=1S/C25H26N4O4/c1-16-7-8-17(2)29(16)27-25(32)18-5-4-6-20(13-18)26-24(31)19-14-23(30)28(15-19)21-9-11-22(33-3)12-10-21/h4-13,19H,14-15H2,1-3H3,(H,26,31)(H,27,32)/t19-/m0/s1. The number of amides is 3. The molecule has 1 atom stereocenters. The monoisotopic (exact) mass is 446 g/mol. The summed E-state index contributed by atoms with van der Waals surface area (Å²) in [6.45, 7) is 4.10. The maximum atomic E-state index is 12.8. The molecule has 3 aromatic rings. The van der Waals surface area contributed by atoms with Crippen molar-refractivity contribution in [3.63, 3.8) is 0 Å². The fourth-order valence-electron chi connectivity index (χ4n) is 3.89. The number of carbonyl (C=O) groups is 3. The lowest BCUT2D eigenvalue weighted by Crippen LogP contribution is -2.28. The van der Waals surface area contributed by atoms with Crippen molar-refractivity contribution in [1.29, 1.82) is 0 Å². The molecule has 1 fully saturated rings. The first-order valence-corrected chi connectivity index (χ1v) is 10.7. The summed E-state index contributed by atoms with van der Waals surface area (Å²) < 4.78 is 6.87. The van der Waals surface area contributed by atoms with Crippen LogP contribution >= 0.6 is 0 Å². The fourth-order valence-corrected chi connectivity index (χ4v) is 3.89. The zero-order valence-electron chi connectivity index (χ0n) is 18.8. The van der Waals surface area contributed by atoms with E-state index in [0.29, 0.717) is 23.5 Å². The molecule has 1 saturated heterocycles. The van der Waals surface area contributed by atoms with Crippen LogP contribution in [0.2, 0.25) is 0 Å². The average molecular weight is 447 g/mol. The van der Waals surface area contributed by atoms with Crippen LogP contribution in [0.25, 0.3) is 0 Å². The van der Waals surface area contributed by atoms with Gasteiger partial charge in [0.25, 0.3) is 5.91 Å². The van der Waals surface area contributed by atoms with E-state index in [1.807, 2.05) is 26.0 Å². The first-order chi connectivity index (χ1) is 15.9. The summed E-state index contributed by atoms with van der Waals surface area (Å²) in [5, 5.41) is 2.85. The Morgan fingerprint density at radius 2 is 1.70 bits per heavy atom. The Labute approximate surface area is 192 Å². The van der Waals surface area contributed by atoms with Crippen LogP contribution in [0.3, 0.4) is 0 Å². The third-order valence-corrected chi connectivity index (χ3v) is 5.76. The molecule has 0 bridgehead atoms. The minimum Gasteiger partial charge on any atom is -0.497 e. The molecule has 0 saturated carbocycles. The van der Waals surface area contributed by atoms with Crippen LogP contribution in [0.15, 0.2) is 60.7 Å². The lowest BCUT2D eigenvalue weighted by molar-refractivity contribution is -0.122. The number of aryl methyl sites for hydroxylation is 2. The van der Waals surface area contributed by atoms with Crippen molar-refractivity contribution >= 4 is 29.1 Å². The molecule has 2 heterocycles. The van der Waals surface area contributed by atoms with E-state index >= 15 is 0 Å². The lowest BCUT2D eigenvalue weighted by atomic mass is 10.1. The highest BCUT2D eigenvalue weighted by atomic mass is 16.5. The van der Waals surface area contributed by atoms with Crippen molar-refractivity contribution in [2.75, 3.05) is 29.3 Å². The minimum absolute atomic E-state index is 0.106. The molecule has 0 radical (unpaired) electrons. The van der Waals surface area contributed by atoms with Crippen LogP contribution in [0.1, 0.15) is 28.2 Å². The Kier molecular flexibility index (Phi) is 6.17. The number of hydrogen-bond donors (Lipinski definition) is 2. The van der Waals surface area contributed by atoms with Crippen LogP contribution in [0.4, 0.5) is 11.4 Å². The van der Waals surface area contributed by atoms with Gasteiger partial charge in [0.2, 0.25) is 11.8 Å². The van der Waals surface area contributed by atoms with E-state index in [9.17, 15) is 14.4 Å². The maximum Gasteiger partial charge on any atom is 0.270 e. The van der Waals surface area contributed by atoms with Gasteiger partial charge in [-0.1, -0.05) is 6.07 Å². The molecule has 8 nitrogen and oxygen atoms in total. The van der Waals surface area contributed by atoms with Gasteiger partial charge in [0.1, 0.15) is 5.75 Å². The van der Waals surface area contributed by atoms with Crippen molar-refractivity contribution in [2.45, 2.75) is 20.3 Å². The molecule has 1 aliphatic rings. The predicted molar refractivity (Wildman–Crippen MR) is 126 cm³/mol. The number of anilines is 2. The SMILES string of the molecule is COc1ccc(N2C[C@@H](C(=O)Nc3cccc(C(=O)Nn4c(C)ccc4C)c3)CC2=O)cc1. The normalized spacial score (nSPS) is 15.4. The Morgan fingerprint density at radius 3 is 2.36 bits per heavy atom. The zero-order valence-corrected chi connectivity index (χ0v) is 18.8. The minimum atomic E-state index is -0.484. The van der Waals surface area contributed by atoms with Crippen LogP contribution in [-0.2, 0) is 9.59 Å². The number of ether oxygens (including phenoxy) is 1. The molecule has 2 aromatic carbocycles. The molecule has 1 aromatic heterocycles. The Morgan fingerprint density at radius 1 is 1.00 bits per heavy atom. The highest BCUT2D eigenvalue weighted by Gasteiger charge is 2.35. The highest BCUT2D eigenvalue weighted by molar-refractivity contribution is 6.05. The summed E-state index contributed by atoms with van der Waals surface area (Å²) in [6, 6.07) is 17.7. The zero-order chi connectivity index (χ0) is 23.5. The molecular formula is C25H26N4O4. The molecule has 2 N–H and O–H groups in total. The Hall–Kier alpha value is -4.07. The summed E-state index contributed by atoms with van der Waals surface area (Å²) in [5.41, 5.74) is 6.33. The molecule has 1 aliphatic heterocycles. The maximum absolute atomic E-state index is 12.8. The van der Waals surface area contributed by atoms with Gasteiger partial charge in [0.15, 0.2) is 0 Å². The van der Waals surface area contributed by atoms with Gasteiger partial charge in [-0.3, -0.25) is 24.5 Å². The molecule has 4 rings (SSSR count). The topological polar surface area (TPSA) is 92.7 Å². The number of benzene rings is 2. The molecule has 3 amide bonds. The number of aromatic nitrogens is 1. The van der Waals surface area contributed by atoms with E-state index in [-0.39, 0.29) is 24.1 Å². The molecule has 0 aliphatic carbocycles. The number of rotatable bonds is 6. The number of hydrogen-bond acceptors (Lipinski definition) is 4. The van der Waals surface area contributed by atoms with Crippen LogP contribution in [0, 0.1) is 19.8 Å². The van der Waals surface area contributed by atoms with Crippen LogP contribution in [0.5, 0.6) is 5.75 Å². The van der Waals surface area contributed by atoms with Crippen molar-refractivity contribution in [1.82, 2.24) is 4.68 Å². The van der Waals surface area contributed by atoms with Crippen LogP contribution in [-0.4, -0.2) is 36.1 Å². The van der Waals surface area contributed by atoms with E-state index in [1.165, 1.54) is 0 Å².